The van der Waals surface area contributed by atoms with Gasteiger partial charge in [-0.3, -0.25) is 38.8 Å². The molecule has 4 aromatic heterocycles. The number of ether oxygens (including phenoxy) is 8. The summed E-state index contributed by atoms with van der Waals surface area (Å²) < 4.78 is 105. The van der Waals surface area contributed by atoms with Gasteiger partial charge in [0.25, 0.3) is 0 Å². The number of fused-ring (bicyclic) bond motifs is 4. The van der Waals surface area contributed by atoms with E-state index in [1.54, 1.807) is 38.1 Å². The number of pyridine rings is 4. The van der Waals surface area contributed by atoms with Gasteiger partial charge in [-0.1, -0.05) is 48.5 Å². The van der Waals surface area contributed by atoms with Crippen LogP contribution in [-0.2, 0) is 108 Å². The molecule has 8 fully saturated rings. The van der Waals surface area contributed by atoms with Gasteiger partial charge in [0.15, 0.2) is 11.6 Å². The van der Waals surface area contributed by atoms with Crippen molar-refractivity contribution in [1.82, 2.24) is 39.5 Å². The molecule has 12 aliphatic heterocycles. The lowest BCUT2D eigenvalue weighted by Gasteiger charge is -2.30. The second-order valence-electron chi connectivity index (χ2n) is 41.7. The molecule has 4 aromatic carbocycles. The number of ketones is 2. The molecule has 0 unspecified atom stereocenters. The van der Waals surface area contributed by atoms with Crippen molar-refractivity contribution in [2.24, 2.45) is 0 Å². The number of nitrogens with zero attached hydrogens (tertiary/aromatic N) is 8. The average molecular weight is 2010 g/mol. The summed E-state index contributed by atoms with van der Waals surface area (Å²) in [5, 5.41) is 33.9. The van der Waals surface area contributed by atoms with Gasteiger partial charge in [-0.15, -0.1) is 0 Å². The van der Waals surface area contributed by atoms with Crippen LogP contribution in [0.5, 0.6) is 0 Å². The van der Waals surface area contributed by atoms with Crippen LogP contribution in [0.4, 0.5) is 40.8 Å². The third-order valence-electron chi connectivity index (χ3n) is 31.1. The van der Waals surface area contributed by atoms with Crippen molar-refractivity contribution in [1.29, 1.82) is 0 Å². The van der Waals surface area contributed by atoms with Crippen LogP contribution < -0.4 is 21.3 Å². The lowest BCUT2D eigenvalue weighted by Crippen LogP contribution is -2.34. The molecule has 8 saturated heterocycles. The summed E-state index contributed by atoms with van der Waals surface area (Å²) >= 11 is 0. The molecule has 146 heavy (non-hydrogen) atoms. The number of anilines is 4. The molecule has 0 bridgehead atoms. The minimum Gasteiger partial charge on any atom is -0.480 e. The Morgan fingerprint density at radius 2 is 0.637 bits per heavy atom. The van der Waals surface area contributed by atoms with E-state index in [-0.39, 0.29) is 71.7 Å². The molecule has 12 aliphatic rings. The van der Waals surface area contributed by atoms with Crippen LogP contribution in [0.2, 0.25) is 0 Å². The van der Waals surface area contributed by atoms with Crippen molar-refractivity contribution in [3.63, 3.8) is 0 Å². The highest BCUT2D eigenvalue weighted by Gasteiger charge is 2.42. The Morgan fingerprint density at radius 1 is 0.349 bits per heavy atom. The van der Waals surface area contributed by atoms with Gasteiger partial charge in [0, 0.05) is 166 Å². The van der Waals surface area contributed by atoms with E-state index in [0.29, 0.717) is 116 Å². The van der Waals surface area contributed by atoms with E-state index >= 15 is 0 Å². The van der Waals surface area contributed by atoms with Crippen LogP contribution in [-0.4, -0.2) is 242 Å². The molecule has 0 amide bonds. The molecule has 0 radical (unpaired) electrons. The number of carboxylic acids is 2. The smallest absolute Gasteiger partial charge is 0.325 e. The van der Waals surface area contributed by atoms with E-state index in [0.717, 1.165) is 311 Å². The van der Waals surface area contributed by atoms with Crippen molar-refractivity contribution in [3.8, 4) is 0 Å². The van der Waals surface area contributed by atoms with Crippen molar-refractivity contribution in [3.05, 3.63) is 234 Å². The average Bonchev–Trinajstić information content (AvgIpc) is 1.60. The lowest BCUT2D eigenvalue weighted by atomic mass is 9.88. The number of Topliss-reactive ketones (excluding diaryl/α,β-unsaturated/α-hetero) is 2. The van der Waals surface area contributed by atoms with Crippen molar-refractivity contribution in [2.45, 2.75) is 292 Å². The molecule has 16 heterocycles. The molecule has 6 N–H and O–H groups in total. The second kappa shape index (κ2) is 54.1. The monoisotopic (exact) mass is 2010 g/mol. The number of carboxylic acid groups (broad SMARTS) is 2. The maximum absolute atomic E-state index is 14.3. The Labute approximate surface area is 858 Å². The largest absolute Gasteiger partial charge is 0.480 e. The number of nitrogens with one attached hydrogen (secondary N) is 4. The van der Waals surface area contributed by atoms with Crippen LogP contribution in [0.15, 0.2) is 121 Å². The topological polar surface area (TPSA) is 295 Å². The number of hydrogen-bond donors (Lipinski definition) is 6. The molecule has 8 aromatic rings. The molecule has 788 valence electrons. The zero-order chi connectivity index (χ0) is 101. The fourth-order valence-electron chi connectivity index (χ4n) is 23.5. The fraction of sp³-hybridized carbons (Fsp3) is 0.586. The Morgan fingerprint density at radius 3 is 0.904 bits per heavy atom. The highest BCUT2D eigenvalue weighted by molar-refractivity contribution is 5.84. The van der Waals surface area contributed by atoms with E-state index in [2.05, 4.69) is 79.6 Å². The van der Waals surface area contributed by atoms with Crippen LogP contribution >= 0.6 is 0 Å². The van der Waals surface area contributed by atoms with Crippen LogP contribution in [0, 0.1) is 23.3 Å². The van der Waals surface area contributed by atoms with Crippen molar-refractivity contribution >= 4 is 46.8 Å². The molecule has 0 saturated carbocycles. The SMILES string of the molecule is CC(=O)[C@@H](c1cc(F)ccc1[C@@H]1CCOC1)N1CC[C@@H](OCCCCc2ccc3c(n2)NCCC3)C1.CC(=O)[C@@H](c1cc(F)ccc1[C@H]1CCOC1)N1CC[C@@H](OCCCCc2ccc3c(n2)NCCC3)C1.O=C(O)[C@@H](c1cc(F)ccc1[C@@H]1CCCCO1)N1CC[C@@H](OCCCCc2ccc3c(n2)NCCC3)C1.O=C(O)[C@H](c1cc(F)ccc1[C@@H]1CCCCO1)N1CC[C@@H](OCCCCc2ccc3c(n2)NCCC3)C1. The van der Waals surface area contributed by atoms with E-state index < -0.39 is 47.7 Å². The maximum Gasteiger partial charge on any atom is 0.325 e. The first-order valence-corrected chi connectivity index (χ1v) is 54.7. The third kappa shape index (κ3) is 29.5. The zero-order valence-electron chi connectivity index (χ0n) is 85.5. The Balaban J connectivity index is 0.000000133. The van der Waals surface area contributed by atoms with Gasteiger partial charge in [-0.25, -0.2) is 37.5 Å². The number of carbonyl (C=O) groups is 4. The third-order valence-corrected chi connectivity index (χ3v) is 31.1. The van der Waals surface area contributed by atoms with E-state index in [1.807, 2.05) is 21.9 Å². The van der Waals surface area contributed by atoms with Gasteiger partial charge in [-0.05, 0) is 359 Å². The number of aryl methyl sites for hydroxylation is 8. The van der Waals surface area contributed by atoms with E-state index in [1.165, 1.54) is 71.5 Å². The number of rotatable bonds is 40. The summed E-state index contributed by atoms with van der Waals surface area (Å²) in [5.74, 6) is 1.37. The predicted octanol–water partition coefficient (Wildman–Crippen LogP) is 19.8. The molecule has 0 spiro atoms. The Kier molecular flexibility index (Phi) is 39.8. The number of halogens is 4. The molecule has 12 atom stereocenters. The van der Waals surface area contributed by atoms with Crippen LogP contribution in [0.25, 0.3) is 0 Å². The summed E-state index contributed by atoms with van der Waals surface area (Å²) in [7, 11) is 0. The number of aliphatic carboxylic acids is 2. The quantitative estimate of drug-likeness (QED) is 0.0154. The summed E-state index contributed by atoms with van der Waals surface area (Å²) in [6.45, 7) is 19.1. The highest BCUT2D eigenvalue weighted by atomic mass is 19.1. The van der Waals surface area contributed by atoms with Crippen LogP contribution in [0.3, 0.4) is 0 Å². The first-order valence-electron chi connectivity index (χ1n) is 54.7. The standard InChI is InChI=1S/2C29H38FN3O4.2C29H38FN3O3/c2*30-21-10-12-24(26-8-2-4-17-37-26)25(18-21)27(29(34)35)33-15-13-23(19-33)36-16-3-1-7-22-11-9-20-6-5-14-31-28(20)32-22;2*1-20(34)28(27-17-23(30)8-10-26(27)22-12-16-35-19-22)33-14-11-25(18-33)36-15-3-2-6-24-9-7-21-5-4-13-31-29(21)32-24/h2*9-12,18,23,26-27H,1-8,13-17,19H2,(H,31,32)(H,34,35);2*7-10,17,22,25,28H,2-6,11-16,18-19H2,1H3,(H,31,32)/t23-,26+,27+;23-,26+,27-;22-,25+,28-;22-,25-,28+/m1101/s1. The normalized spacial score (nSPS) is 22.8. The molecule has 30 heteroatoms. The van der Waals surface area contributed by atoms with E-state index in [9.17, 15) is 47.0 Å². The van der Waals surface area contributed by atoms with Gasteiger partial charge < -0.3 is 69.4 Å². The molecule has 26 nitrogen and oxygen atoms in total. The summed E-state index contributed by atoms with van der Waals surface area (Å²) in [5.41, 5.74) is 16.0. The predicted molar refractivity (Wildman–Crippen MR) is 554 cm³/mol. The summed E-state index contributed by atoms with van der Waals surface area (Å²) in [6.07, 6.45) is 31.4. The number of likely N-dealkylation sites (tertiary alicyclic amines) is 4. The minimum absolute atomic E-state index is 0.0177. The highest BCUT2D eigenvalue weighted by Crippen LogP contribution is 2.44. The van der Waals surface area contributed by atoms with Gasteiger partial charge in [-0.2, -0.15) is 0 Å². The fourth-order valence-corrected chi connectivity index (χ4v) is 23.5. The molecular weight excluding hydrogens is 1860 g/mol. The molecule has 20 rings (SSSR count). The van der Waals surface area contributed by atoms with Crippen LogP contribution in [0.1, 0.15) is 306 Å². The first-order chi connectivity index (χ1) is 71.3. The molecular formula is C116H152F4N12O14. The van der Waals surface area contributed by atoms with Gasteiger partial charge >= 0.3 is 11.9 Å². The summed E-state index contributed by atoms with van der Waals surface area (Å²) in [6, 6.07) is 33.5. The van der Waals surface area contributed by atoms with Gasteiger partial charge in [0.1, 0.15) is 58.6 Å². The Hall–Kier alpha value is -9.80. The molecule has 0 aliphatic carbocycles. The Bertz CT molecular complexity index is 5270. The van der Waals surface area contributed by atoms with Crippen molar-refractivity contribution in [2.75, 3.05) is 166 Å². The second-order valence-corrected chi connectivity index (χ2v) is 41.7. The number of carbonyl (C=O) groups excluding carboxylic acids is 2. The minimum atomic E-state index is -0.963. The first kappa shape index (κ1) is 107. The number of unbranched alkanes of at least 4 members (excludes halogenated alkanes) is 4. The van der Waals surface area contributed by atoms with Crippen molar-refractivity contribution < 1.29 is 84.8 Å². The summed E-state index contributed by atoms with van der Waals surface area (Å²) in [4.78, 5) is 77.7. The van der Waals surface area contributed by atoms with Gasteiger partial charge in [0.2, 0.25) is 0 Å². The number of hydrogen-bond acceptors (Lipinski definition) is 24. The van der Waals surface area contributed by atoms with Gasteiger partial charge in [0.05, 0.1) is 61.9 Å². The van der Waals surface area contributed by atoms with E-state index in [4.69, 9.17) is 57.8 Å². The lowest BCUT2D eigenvalue weighted by molar-refractivity contribution is -0.144. The maximum atomic E-state index is 14.3. The zero-order valence-corrected chi connectivity index (χ0v) is 85.5. The number of benzene rings is 4. The number of aromatic nitrogens is 4.